The van der Waals surface area contributed by atoms with Gasteiger partial charge in [-0.1, -0.05) is 39.5 Å². The molecule has 0 N–H and O–H groups in total. The van der Waals surface area contributed by atoms with Gasteiger partial charge in [0.2, 0.25) is 0 Å². The van der Waals surface area contributed by atoms with Gasteiger partial charge in [-0.05, 0) is 58.0 Å². The molecule has 3 atom stereocenters. The van der Waals surface area contributed by atoms with E-state index in [1.807, 2.05) is 0 Å². The van der Waals surface area contributed by atoms with Gasteiger partial charge in [0.05, 0.1) is 5.54 Å². The Morgan fingerprint density at radius 1 is 1.05 bits per heavy atom. The summed E-state index contributed by atoms with van der Waals surface area (Å²) in [4.78, 5) is 15.8. The van der Waals surface area contributed by atoms with Crippen LogP contribution in [-0.4, -0.2) is 29.3 Å². The van der Waals surface area contributed by atoms with Gasteiger partial charge in [0.15, 0.2) is 5.78 Å². The van der Waals surface area contributed by atoms with Crippen LogP contribution in [0.1, 0.15) is 78.6 Å². The molecule has 1 saturated heterocycles. The fourth-order valence-electron chi connectivity index (χ4n) is 4.38. The highest BCUT2D eigenvalue weighted by molar-refractivity contribution is 5.90. The van der Waals surface area contributed by atoms with Gasteiger partial charge in [0, 0.05) is 5.92 Å². The molecule has 0 aromatic carbocycles. The summed E-state index contributed by atoms with van der Waals surface area (Å²) in [5, 5.41) is 0. The highest BCUT2D eigenvalue weighted by atomic mass is 16.1. The van der Waals surface area contributed by atoms with Crippen molar-refractivity contribution in [1.82, 2.24) is 4.90 Å². The number of rotatable bonds is 5. The first-order valence-corrected chi connectivity index (χ1v) is 8.92. The van der Waals surface area contributed by atoms with Gasteiger partial charge in [0.1, 0.15) is 0 Å². The Kier molecular flexibility index (Phi) is 5.65. The molecule has 1 heterocycles. The molecule has 1 aliphatic carbocycles. The molecule has 1 aliphatic heterocycles. The summed E-state index contributed by atoms with van der Waals surface area (Å²) < 4.78 is 0. The first-order chi connectivity index (χ1) is 9.63. The number of nitrogens with zero attached hydrogens (tertiary/aromatic N) is 1. The summed E-state index contributed by atoms with van der Waals surface area (Å²) in [6, 6.07) is 0. The van der Waals surface area contributed by atoms with Crippen LogP contribution in [0.15, 0.2) is 0 Å². The van der Waals surface area contributed by atoms with E-state index >= 15 is 0 Å². The molecule has 2 rings (SSSR count). The largest absolute Gasteiger partial charge is 0.297 e. The predicted octanol–water partition coefficient (Wildman–Crippen LogP) is 4.43. The van der Waals surface area contributed by atoms with Crippen LogP contribution in [-0.2, 0) is 4.79 Å². The maximum absolute atomic E-state index is 13.3. The molecule has 2 fully saturated rings. The summed E-state index contributed by atoms with van der Waals surface area (Å²) in [6.45, 7) is 8.94. The Hall–Kier alpha value is -0.370. The van der Waals surface area contributed by atoms with Crippen LogP contribution < -0.4 is 0 Å². The van der Waals surface area contributed by atoms with Gasteiger partial charge in [-0.25, -0.2) is 0 Å². The fourth-order valence-corrected chi connectivity index (χ4v) is 4.38. The Morgan fingerprint density at radius 2 is 1.70 bits per heavy atom. The Bertz CT molecular complexity index is 321. The number of hydrogen-bond donors (Lipinski definition) is 0. The number of ketones is 1. The lowest BCUT2D eigenvalue weighted by Gasteiger charge is -2.45. The molecule has 0 spiro atoms. The lowest BCUT2D eigenvalue weighted by molar-refractivity contribution is -0.138. The van der Waals surface area contributed by atoms with Crippen molar-refractivity contribution < 1.29 is 4.79 Å². The lowest BCUT2D eigenvalue weighted by atomic mass is 9.70. The van der Waals surface area contributed by atoms with E-state index in [0.717, 1.165) is 25.9 Å². The quantitative estimate of drug-likeness (QED) is 0.742. The van der Waals surface area contributed by atoms with Crippen molar-refractivity contribution in [2.45, 2.75) is 84.1 Å². The van der Waals surface area contributed by atoms with E-state index in [2.05, 4.69) is 25.7 Å². The molecule has 116 valence electrons. The van der Waals surface area contributed by atoms with Gasteiger partial charge in [-0.3, -0.25) is 9.69 Å². The Balaban J connectivity index is 2.13. The molecule has 0 radical (unpaired) electrons. The van der Waals surface area contributed by atoms with Gasteiger partial charge in [0.25, 0.3) is 0 Å². The van der Waals surface area contributed by atoms with Crippen molar-refractivity contribution in [3.05, 3.63) is 0 Å². The van der Waals surface area contributed by atoms with Crippen LogP contribution in [0.5, 0.6) is 0 Å². The monoisotopic (exact) mass is 279 g/mol. The van der Waals surface area contributed by atoms with Gasteiger partial charge in [-0.2, -0.15) is 0 Å². The lowest BCUT2D eigenvalue weighted by Crippen LogP contribution is -2.56. The van der Waals surface area contributed by atoms with E-state index in [1.54, 1.807) is 0 Å². The van der Waals surface area contributed by atoms with Crippen LogP contribution in [0.2, 0.25) is 0 Å². The SMILES string of the molecule is CCC1CCCCC1C(=O)C(C)(CC)N1CCCCC1. The predicted molar refractivity (Wildman–Crippen MR) is 84.9 cm³/mol. The van der Waals surface area contributed by atoms with Gasteiger partial charge in [-0.15, -0.1) is 0 Å². The molecule has 0 amide bonds. The number of piperidine rings is 1. The third-order valence-electron chi connectivity index (χ3n) is 6.04. The maximum Gasteiger partial charge on any atom is 0.156 e. The summed E-state index contributed by atoms with van der Waals surface area (Å²) in [7, 11) is 0. The van der Waals surface area contributed by atoms with E-state index in [4.69, 9.17) is 0 Å². The number of likely N-dealkylation sites (tertiary alicyclic amines) is 1. The van der Waals surface area contributed by atoms with E-state index in [0.29, 0.717) is 17.6 Å². The molecule has 1 saturated carbocycles. The number of carbonyl (C=O) groups excluding carboxylic acids is 1. The maximum atomic E-state index is 13.3. The van der Waals surface area contributed by atoms with Crippen molar-refractivity contribution in [3.8, 4) is 0 Å². The Morgan fingerprint density at radius 3 is 2.30 bits per heavy atom. The van der Waals surface area contributed by atoms with Crippen molar-refractivity contribution in [2.75, 3.05) is 13.1 Å². The normalized spacial score (nSPS) is 31.8. The van der Waals surface area contributed by atoms with Crippen LogP contribution in [0.4, 0.5) is 0 Å². The van der Waals surface area contributed by atoms with Crippen molar-refractivity contribution >= 4 is 5.78 Å². The number of hydrogen-bond acceptors (Lipinski definition) is 2. The fraction of sp³-hybridized carbons (Fsp3) is 0.944. The highest BCUT2D eigenvalue weighted by Gasteiger charge is 2.43. The van der Waals surface area contributed by atoms with Crippen LogP contribution in [0.3, 0.4) is 0 Å². The molecule has 0 aromatic rings. The number of Topliss-reactive ketones (excluding diaryl/α,β-unsaturated/α-hetero) is 1. The van der Waals surface area contributed by atoms with Gasteiger partial charge < -0.3 is 0 Å². The molecular weight excluding hydrogens is 246 g/mol. The highest BCUT2D eigenvalue weighted by Crippen LogP contribution is 2.38. The zero-order valence-corrected chi connectivity index (χ0v) is 13.8. The molecule has 2 aliphatic rings. The van der Waals surface area contributed by atoms with E-state index in [9.17, 15) is 4.79 Å². The summed E-state index contributed by atoms with van der Waals surface area (Å²) in [6.07, 6.45) is 11.0. The average Bonchev–Trinajstić information content (AvgIpc) is 2.54. The Labute approximate surface area is 125 Å². The zero-order valence-electron chi connectivity index (χ0n) is 13.8. The minimum Gasteiger partial charge on any atom is -0.297 e. The van der Waals surface area contributed by atoms with Crippen LogP contribution in [0.25, 0.3) is 0 Å². The first kappa shape index (κ1) is 16.0. The minimum atomic E-state index is -0.199. The first-order valence-electron chi connectivity index (χ1n) is 8.92. The summed E-state index contributed by atoms with van der Waals surface area (Å²) >= 11 is 0. The topological polar surface area (TPSA) is 20.3 Å². The van der Waals surface area contributed by atoms with Crippen LogP contribution >= 0.6 is 0 Å². The average molecular weight is 279 g/mol. The van der Waals surface area contributed by atoms with E-state index < -0.39 is 0 Å². The summed E-state index contributed by atoms with van der Waals surface area (Å²) in [5.74, 6) is 1.54. The minimum absolute atomic E-state index is 0.199. The van der Waals surface area contributed by atoms with Crippen molar-refractivity contribution in [3.63, 3.8) is 0 Å². The van der Waals surface area contributed by atoms with Gasteiger partial charge >= 0.3 is 0 Å². The number of carbonyl (C=O) groups is 1. The second kappa shape index (κ2) is 7.06. The molecule has 2 nitrogen and oxygen atoms in total. The third kappa shape index (κ3) is 3.10. The molecular formula is C18H33NO. The molecule has 20 heavy (non-hydrogen) atoms. The van der Waals surface area contributed by atoms with Crippen molar-refractivity contribution in [2.24, 2.45) is 11.8 Å². The van der Waals surface area contributed by atoms with E-state index in [1.165, 1.54) is 44.9 Å². The molecule has 0 aromatic heterocycles. The summed E-state index contributed by atoms with van der Waals surface area (Å²) in [5.41, 5.74) is -0.199. The van der Waals surface area contributed by atoms with Crippen molar-refractivity contribution in [1.29, 1.82) is 0 Å². The smallest absolute Gasteiger partial charge is 0.156 e. The molecule has 0 bridgehead atoms. The standard InChI is InChI=1S/C18H33NO/c1-4-15-11-7-8-12-16(15)17(20)18(3,5-2)19-13-9-6-10-14-19/h15-16H,4-14H2,1-3H3. The van der Waals surface area contributed by atoms with E-state index in [-0.39, 0.29) is 5.54 Å². The zero-order chi connectivity index (χ0) is 14.6. The van der Waals surface area contributed by atoms with Crippen LogP contribution in [0, 0.1) is 11.8 Å². The second-order valence-corrected chi connectivity index (χ2v) is 7.10. The second-order valence-electron chi connectivity index (χ2n) is 7.10. The molecule has 3 unspecified atom stereocenters. The molecule has 2 heteroatoms. The third-order valence-corrected chi connectivity index (χ3v) is 6.04.